The molecule has 1 heterocycles. The first kappa shape index (κ1) is 15.9. The zero-order valence-electron chi connectivity index (χ0n) is 14.0. The Hall–Kier alpha value is -2.03. The highest BCUT2D eigenvalue weighted by atomic mass is 16.5. The Morgan fingerprint density at radius 1 is 1.13 bits per heavy atom. The Morgan fingerprint density at radius 3 is 2.78 bits per heavy atom. The first-order valence-electron chi connectivity index (χ1n) is 8.45. The normalized spacial score (nSPS) is 21.0. The van der Waals surface area contributed by atoms with Crippen LogP contribution in [0.5, 0.6) is 11.5 Å². The number of hydrogen-bond acceptors (Lipinski definition) is 3. The molecule has 122 valence electrons. The standard InChI is InChI=1S/C20H25NO2/c1-15-11-17(13-21-12-15)23-14-16-7-3-4-8-18(16)19-9-5-6-10-20(19)22-2/h5-6,9-13,16,18H,3-4,7-8,14H2,1-2H3. The molecule has 1 saturated carbocycles. The lowest BCUT2D eigenvalue weighted by Crippen LogP contribution is -2.24. The van der Waals surface area contributed by atoms with Crippen molar-refractivity contribution >= 4 is 0 Å². The molecule has 3 heteroatoms. The van der Waals surface area contributed by atoms with Gasteiger partial charge in [0.1, 0.15) is 11.5 Å². The van der Waals surface area contributed by atoms with E-state index >= 15 is 0 Å². The second-order valence-electron chi connectivity index (χ2n) is 6.40. The summed E-state index contributed by atoms with van der Waals surface area (Å²) in [4.78, 5) is 4.21. The van der Waals surface area contributed by atoms with Crippen molar-refractivity contribution in [3.05, 3.63) is 53.9 Å². The minimum absolute atomic E-state index is 0.512. The number of aromatic nitrogens is 1. The van der Waals surface area contributed by atoms with E-state index in [1.54, 1.807) is 13.3 Å². The third-order valence-corrected chi connectivity index (χ3v) is 4.76. The maximum absolute atomic E-state index is 6.05. The second-order valence-corrected chi connectivity index (χ2v) is 6.40. The Kier molecular flexibility index (Phi) is 5.16. The molecule has 0 saturated heterocycles. The summed E-state index contributed by atoms with van der Waals surface area (Å²) in [5.74, 6) is 2.91. The summed E-state index contributed by atoms with van der Waals surface area (Å²) in [6.45, 7) is 2.78. The lowest BCUT2D eigenvalue weighted by Gasteiger charge is -2.32. The smallest absolute Gasteiger partial charge is 0.137 e. The molecule has 3 nitrogen and oxygen atoms in total. The summed E-state index contributed by atoms with van der Waals surface area (Å²) >= 11 is 0. The van der Waals surface area contributed by atoms with Crippen LogP contribution in [0.4, 0.5) is 0 Å². The first-order chi connectivity index (χ1) is 11.3. The van der Waals surface area contributed by atoms with Crippen molar-refractivity contribution in [3.63, 3.8) is 0 Å². The van der Waals surface area contributed by atoms with Gasteiger partial charge in [-0.2, -0.15) is 0 Å². The third-order valence-electron chi connectivity index (χ3n) is 4.76. The molecule has 2 aromatic rings. The molecule has 1 aromatic carbocycles. The molecule has 0 aliphatic heterocycles. The molecule has 23 heavy (non-hydrogen) atoms. The summed E-state index contributed by atoms with van der Waals surface area (Å²) in [7, 11) is 1.76. The molecule has 2 atom stereocenters. The van der Waals surface area contributed by atoms with Crippen LogP contribution in [0, 0.1) is 12.8 Å². The van der Waals surface area contributed by atoms with Gasteiger partial charge in [-0.1, -0.05) is 31.0 Å². The largest absolute Gasteiger partial charge is 0.496 e. The van der Waals surface area contributed by atoms with E-state index < -0.39 is 0 Å². The van der Waals surface area contributed by atoms with Gasteiger partial charge in [-0.25, -0.2) is 0 Å². The summed E-state index contributed by atoms with van der Waals surface area (Å²) < 4.78 is 11.6. The van der Waals surface area contributed by atoms with E-state index in [0.29, 0.717) is 11.8 Å². The maximum atomic E-state index is 6.05. The van der Waals surface area contributed by atoms with Gasteiger partial charge in [0.25, 0.3) is 0 Å². The van der Waals surface area contributed by atoms with E-state index in [1.165, 1.54) is 31.2 Å². The fourth-order valence-electron chi connectivity index (χ4n) is 3.60. The molecule has 1 fully saturated rings. The average Bonchev–Trinajstić information content (AvgIpc) is 2.60. The highest BCUT2D eigenvalue weighted by molar-refractivity contribution is 5.37. The lowest BCUT2D eigenvalue weighted by molar-refractivity contribution is 0.184. The Morgan fingerprint density at radius 2 is 1.96 bits per heavy atom. The van der Waals surface area contributed by atoms with Gasteiger partial charge in [0.05, 0.1) is 19.9 Å². The van der Waals surface area contributed by atoms with E-state index in [1.807, 2.05) is 25.3 Å². The number of aryl methyl sites for hydroxylation is 1. The number of methoxy groups -OCH3 is 1. The van der Waals surface area contributed by atoms with Crippen molar-refractivity contribution < 1.29 is 9.47 Å². The molecule has 1 aliphatic carbocycles. The summed E-state index contributed by atoms with van der Waals surface area (Å²) in [5, 5.41) is 0. The van der Waals surface area contributed by atoms with Crippen molar-refractivity contribution in [2.75, 3.05) is 13.7 Å². The monoisotopic (exact) mass is 311 g/mol. The van der Waals surface area contributed by atoms with Gasteiger partial charge in [-0.3, -0.25) is 4.98 Å². The summed E-state index contributed by atoms with van der Waals surface area (Å²) in [6.07, 6.45) is 8.64. The quantitative estimate of drug-likeness (QED) is 0.798. The molecule has 0 radical (unpaired) electrons. The Labute approximate surface area is 138 Å². The van der Waals surface area contributed by atoms with Crippen LogP contribution in [0.2, 0.25) is 0 Å². The van der Waals surface area contributed by atoms with Crippen LogP contribution in [0.15, 0.2) is 42.7 Å². The lowest BCUT2D eigenvalue weighted by atomic mass is 9.75. The zero-order valence-corrected chi connectivity index (χ0v) is 14.0. The van der Waals surface area contributed by atoms with E-state index in [0.717, 1.165) is 23.7 Å². The summed E-state index contributed by atoms with van der Waals surface area (Å²) in [5.41, 5.74) is 2.46. The van der Waals surface area contributed by atoms with E-state index in [4.69, 9.17) is 9.47 Å². The average molecular weight is 311 g/mol. The number of nitrogens with zero attached hydrogens (tertiary/aromatic N) is 1. The van der Waals surface area contributed by atoms with Crippen LogP contribution in [0.1, 0.15) is 42.7 Å². The van der Waals surface area contributed by atoms with Crippen molar-refractivity contribution in [1.82, 2.24) is 4.98 Å². The van der Waals surface area contributed by atoms with Crippen LogP contribution >= 0.6 is 0 Å². The van der Waals surface area contributed by atoms with Crippen molar-refractivity contribution in [3.8, 4) is 11.5 Å². The highest BCUT2D eigenvalue weighted by Gasteiger charge is 2.29. The van der Waals surface area contributed by atoms with Crippen molar-refractivity contribution in [2.24, 2.45) is 5.92 Å². The van der Waals surface area contributed by atoms with Crippen molar-refractivity contribution in [1.29, 1.82) is 0 Å². The van der Waals surface area contributed by atoms with Gasteiger partial charge in [0, 0.05) is 6.20 Å². The maximum Gasteiger partial charge on any atom is 0.137 e. The Bertz CT molecular complexity index is 641. The number of para-hydroxylation sites is 1. The van der Waals surface area contributed by atoms with Crippen LogP contribution in [-0.4, -0.2) is 18.7 Å². The molecule has 1 aromatic heterocycles. The number of hydrogen-bond donors (Lipinski definition) is 0. The predicted molar refractivity (Wildman–Crippen MR) is 92.2 cm³/mol. The number of benzene rings is 1. The molecular weight excluding hydrogens is 286 g/mol. The molecule has 0 N–H and O–H groups in total. The number of pyridine rings is 1. The molecule has 0 spiro atoms. The number of ether oxygens (including phenoxy) is 2. The van der Waals surface area contributed by atoms with Crippen molar-refractivity contribution in [2.45, 2.75) is 38.5 Å². The molecule has 1 aliphatic rings. The predicted octanol–water partition coefficient (Wildman–Crippen LogP) is 4.75. The van der Waals surface area contributed by atoms with Crippen LogP contribution in [-0.2, 0) is 0 Å². The topological polar surface area (TPSA) is 31.4 Å². The van der Waals surface area contributed by atoms with Gasteiger partial charge in [-0.15, -0.1) is 0 Å². The zero-order chi connectivity index (χ0) is 16.1. The van der Waals surface area contributed by atoms with E-state index in [-0.39, 0.29) is 0 Å². The fourth-order valence-corrected chi connectivity index (χ4v) is 3.60. The van der Waals surface area contributed by atoms with Gasteiger partial charge in [0.15, 0.2) is 0 Å². The molecule has 3 rings (SSSR count). The van der Waals surface area contributed by atoms with Gasteiger partial charge in [-0.05, 0) is 54.9 Å². The van der Waals surface area contributed by atoms with Gasteiger partial charge < -0.3 is 9.47 Å². The second kappa shape index (κ2) is 7.49. The molecule has 0 amide bonds. The SMILES string of the molecule is COc1ccccc1C1CCCCC1COc1cncc(C)c1. The van der Waals surface area contributed by atoms with E-state index in [9.17, 15) is 0 Å². The van der Waals surface area contributed by atoms with Crippen LogP contribution in [0.25, 0.3) is 0 Å². The molecule has 2 unspecified atom stereocenters. The minimum Gasteiger partial charge on any atom is -0.496 e. The minimum atomic E-state index is 0.512. The highest BCUT2D eigenvalue weighted by Crippen LogP contribution is 2.41. The number of rotatable bonds is 5. The molecule has 0 bridgehead atoms. The van der Waals surface area contributed by atoms with Gasteiger partial charge >= 0.3 is 0 Å². The van der Waals surface area contributed by atoms with Crippen LogP contribution in [0.3, 0.4) is 0 Å². The van der Waals surface area contributed by atoms with E-state index in [2.05, 4.69) is 23.2 Å². The Balaban J connectivity index is 1.74. The first-order valence-corrected chi connectivity index (χ1v) is 8.45. The summed E-state index contributed by atoms with van der Waals surface area (Å²) in [6, 6.07) is 10.5. The van der Waals surface area contributed by atoms with Crippen LogP contribution < -0.4 is 9.47 Å². The fraction of sp³-hybridized carbons (Fsp3) is 0.450. The third kappa shape index (κ3) is 3.84. The van der Waals surface area contributed by atoms with Gasteiger partial charge in [0.2, 0.25) is 0 Å². The molecular formula is C20H25NO2.